The maximum atomic E-state index is 12.6. The molecule has 1 aromatic carbocycles. The second-order valence-electron chi connectivity index (χ2n) is 6.34. The Bertz CT molecular complexity index is 1020. The zero-order valence-corrected chi connectivity index (χ0v) is 16.6. The van der Waals surface area contributed by atoms with E-state index in [0.29, 0.717) is 29.6 Å². The van der Waals surface area contributed by atoms with Gasteiger partial charge in [0.25, 0.3) is 11.8 Å². The third-order valence-corrected chi connectivity index (χ3v) is 5.43. The molecule has 0 bridgehead atoms. The molecule has 2 aromatic heterocycles. The van der Waals surface area contributed by atoms with Crippen LogP contribution in [-0.4, -0.2) is 43.9 Å². The predicted octanol–water partition coefficient (Wildman–Crippen LogP) is 3.70. The molecule has 0 radical (unpaired) electrons. The van der Waals surface area contributed by atoms with E-state index in [1.807, 2.05) is 42.2 Å². The molecular weight excluding hydrogens is 410 g/mol. The van der Waals surface area contributed by atoms with Crippen molar-refractivity contribution in [1.29, 1.82) is 0 Å². The molecule has 0 N–H and O–H groups in total. The zero-order chi connectivity index (χ0) is 19.0. The van der Waals surface area contributed by atoms with E-state index in [1.54, 1.807) is 11.6 Å². The third-order valence-electron chi connectivity index (χ3n) is 4.48. The summed E-state index contributed by atoms with van der Waals surface area (Å²) in [6.07, 6.45) is 5.04. The lowest BCUT2D eigenvalue weighted by Gasteiger charge is -2.23. The summed E-state index contributed by atoms with van der Waals surface area (Å²) in [7, 11) is 0. The van der Waals surface area contributed by atoms with Gasteiger partial charge in [-0.2, -0.15) is 5.10 Å². The summed E-state index contributed by atoms with van der Waals surface area (Å²) >= 11 is 3.56. The van der Waals surface area contributed by atoms with Crippen LogP contribution < -0.4 is 0 Å². The first-order chi connectivity index (χ1) is 13.0. The average molecular weight is 428 g/mol. The van der Waals surface area contributed by atoms with Crippen molar-refractivity contribution in [3.63, 3.8) is 0 Å². The van der Waals surface area contributed by atoms with Crippen molar-refractivity contribution in [2.24, 2.45) is 0 Å². The molecule has 3 aromatic rings. The van der Waals surface area contributed by atoms with Crippen molar-refractivity contribution in [2.45, 2.75) is 20.3 Å². The van der Waals surface area contributed by atoms with E-state index in [4.69, 9.17) is 4.42 Å². The van der Waals surface area contributed by atoms with Crippen LogP contribution in [0.25, 0.3) is 17.3 Å². The topological polar surface area (TPSA) is 77.1 Å². The number of aromatic nitrogens is 4. The van der Waals surface area contributed by atoms with Crippen LogP contribution >= 0.6 is 15.9 Å². The number of hydrogen-bond donors (Lipinski definition) is 0. The van der Waals surface area contributed by atoms with E-state index in [9.17, 15) is 4.79 Å². The number of halogens is 1. The highest BCUT2D eigenvalue weighted by Crippen LogP contribution is 2.30. The van der Waals surface area contributed by atoms with Crippen LogP contribution in [0, 0.1) is 13.8 Å². The second kappa shape index (κ2) is 7.11. The van der Waals surface area contributed by atoms with Crippen LogP contribution in [0.15, 0.2) is 45.3 Å². The molecule has 4 rings (SSSR count). The van der Waals surface area contributed by atoms with Gasteiger partial charge in [0.15, 0.2) is 5.69 Å². The number of carbonyl (C=O) groups is 1. The highest BCUT2D eigenvalue weighted by molar-refractivity contribution is 9.10. The Morgan fingerprint density at radius 1 is 1.15 bits per heavy atom. The molecule has 0 saturated heterocycles. The molecule has 1 aliphatic rings. The Hall–Kier alpha value is -2.74. The van der Waals surface area contributed by atoms with Crippen LogP contribution in [0.4, 0.5) is 0 Å². The summed E-state index contributed by atoms with van der Waals surface area (Å²) in [5, 5.41) is 12.5. The van der Waals surface area contributed by atoms with Crippen LogP contribution in [0.3, 0.4) is 0 Å². The van der Waals surface area contributed by atoms with Crippen molar-refractivity contribution in [3.05, 3.63) is 58.0 Å². The number of amides is 1. The molecule has 8 heteroatoms. The number of rotatable bonds is 3. The fourth-order valence-corrected chi connectivity index (χ4v) is 3.43. The summed E-state index contributed by atoms with van der Waals surface area (Å²) in [4.78, 5) is 14.4. The minimum absolute atomic E-state index is 0.0475. The first-order valence-corrected chi connectivity index (χ1v) is 9.44. The van der Waals surface area contributed by atoms with Gasteiger partial charge in [-0.1, -0.05) is 12.2 Å². The fourth-order valence-electron chi connectivity index (χ4n) is 3.02. The number of aryl methyl sites for hydroxylation is 1. The third kappa shape index (κ3) is 3.32. The van der Waals surface area contributed by atoms with Gasteiger partial charge in [-0.3, -0.25) is 4.79 Å². The predicted molar refractivity (Wildman–Crippen MR) is 104 cm³/mol. The van der Waals surface area contributed by atoms with Crippen molar-refractivity contribution in [1.82, 2.24) is 24.9 Å². The molecule has 0 fully saturated rings. The van der Waals surface area contributed by atoms with E-state index in [-0.39, 0.29) is 5.91 Å². The van der Waals surface area contributed by atoms with Crippen molar-refractivity contribution in [2.75, 3.05) is 13.1 Å². The lowest BCUT2D eigenvalue weighted by atomic mass is 10.1. The van der Waals surface area contributed by atoms with Crippen LogP contribution in [0.2, 0.25) is 0 Å². The molecule has 0 atom stereocenters. The smallest absolute Gasteiger partial charge is 0.269 e. The zero-order valence-electron chi connectivity index (χ0n) is 15.0. The largest absolute Gasteiger partial charge is 0.420 e. The Balaban J connectivity index is 1.62. The van der Waals surface area contributed by atoms with Gasteiger partial charge in [0.05, 0.1) is 15.9 Å². The maximum absolute atomic E-state index is 12.6. The van der Waals surface area contributed by atoms with Crippen molar-refractivity contribution >= 4 is 21.8 Å². The minimum atomic E-state index is 0.0475. The van der Waals surface area contributed by atoms with Crippen molar-refractivity contribution < 1.29 is 9.21 Å². The Labute approximate surface area is 164 Å². The SMILES string of the molecule is Cc1nnc(-c2nn(-c3ccc(C(=O)N4CC=CCC4)cc3)c(C)c2Br)o1. The van der Waals surface area contributed by atoms with Crippen LogP contribution in [0.5, 0.6) is 0 Å². The summed E-state index contributed by atoms with van der Waals surface area (Å²) in [6.45, 7) is 5.11. The molecule has 1 aliphatic heterocycles. The summed E-state index contributed by atoms with van der Waals surface area (Å²) in [5.74, 6) is 0.900. The van der Waals surface area contributed by atoms with Gasteiger partial charge in [0.1, 0.15) is 0 Å². The molecule has 0 spiro atoms. The van der Waals surface area contributed by atoms with Gasteiger partial charge in [-0.25, -0.2) is 4.68 Å². The first kappa shape index (κ1) is 17.7. The van der Waals surface area contributed by atoms with E-state index in [0.717, 1.165) is 28.8 Å². The van der Waals surface area contributed by atoms with Crippen molar-refractivity contribution in [3.8, 4) is 17.3 Å². The molecule has 0 saturated carbocycles. The Kier molecular flexibility index (Phi) is 4.65. The summed E-state index contributed by atoms with van der Waals surface area (Å²) in [6, 6.07) is 7.45. The van der Waals surface area contributed by atoms with Crippen LogP contribution in [0.1, 0.15) is 28.4 Å². The molecule has 7 nitrogen and oxygen atoms in total. The van der Waals surface area contributed by atoms with E-state index >= 15 is 0 Å². The molecular formula is C19H18BrN5O2. The van der Waals surface area contributed by atoms with Gasteiger partial charge < -0.3 is 9.32 Å². The van der Waals surface area contributed by atoms with Gasteiger partial charge in [-0.05, 0) is 53.5 Å². The van der Waals surface area contributed by atoms with E-state index < -0.39 is 0 Å². The van der Waals surface area contributed by atoms with Crippen LogP contribution in [-0.2, 0) is 0 Å². The molecule has 1 amide bonds. The second-order valence-corrected chi connectivity index (χ2v) is 7.14. The molecule has 138 valence electrons. The minimum Gasteiger partial charge on any atom is -0.420 e. The molecule has 27 heavy (non-hydrogen) atoms. The summed E-state index contributed by atoms with van der Waals surface area (Å²) < 4.78 is 8.07. The Morgan fingerprint density at radius 2 is 1.93 bits per heavy atom. The number of benzene rings is 1. The first-order valence-electron chi connectivity index (χ1n) is 8.65. The van der Waals surface area contributed by atoms with Gasteiger partial charge in [-0.15, -0.1) is 10.2 Å². The normalized spacial score (nSPS) is 14.0. The van der Waals surface area contributed by atoms with Gasteiger partial charge in [0.2, 0.25) is 5.89 Å². The summed E-state index contributed by atoms with van der Waals surface area (Å²) in [5.41, 5.74) is 3.02. The number of nitrogens with zero attached hydrogens (tertiary/aromatic N) is 5. The highest BCUT2D eigenvalue weighted by Gasteiger charge is 2.20. The number of carbonyl (C=O) groups excluding carboxylic acids is 1. The lowest BCUT2D eigenvalue weighted by molar-refractivity contribution is 0.0771. The Morgan fingerprint density at radius 3 is 2.56 bits per heavy atom. The van der Waals surface area contributed by atoms with E-state index in [1.165, 1.54) is 0 Å². The highest BCUT2D eigenvalue weighted by atomic mass is 79.9. The lowest BCUT2D eigenvalue weighted by Crippen LogP contribution is -2.33. The average Bonchev–Trinajstić information content (AvgIpc) is 3.26. The van der Waals surface area contributed by atoms with Gasteiger partial charge in [0, 0.05) is 25.6 Å². The molecule has 0 aliphatic carbocycles. The number of hydrogen-bond acceptors (Lipinski definition) is 5. The molecule has 3 heterocycles. The van der Waals surface area contributed by atoms with Gasteiger partial charge >= 0.3 is 0 Å². The van der Waals surface area contributed by atoms with E-state index in [2.05, 4.69) is 37.3 Å². The molecule has 0 unspecified atom stereocenters. The quantitative estimate of drug-likeness (QED) is 0.595. The fraction of sp³-hybridized carbons (Fsp3) is 0.263. The maximum Gasteiger partial charge on any atom is 0.269 e. The monoisotopic (exact) mass is 427 g/mol. The standard InChI is InChI=1S/C19H18BrN5O2/c1-12-16(20)17(18-22-21-13(2)27-18)23-25(12)15-8-6-14(7-9-15)19(26)24-10-4-3-5-11-24/h3-4,6-9H,5,10-11H2,1-2H3.